The zero-order valence-corrected chi connectivity index (χ0v) is 17.8. The number of anilines is 1. The number of amides is 1. The third-order valence-electron chi connectivity index (χ3n) is 6.04. The van der Waals surface area contributed by atoms with Crippen LogP contribution < -0.4 is 16.0 Å². The normalized spacial score (nSPS) is 30.7. The van der Waals surface area contributed by atoms with Gasteiger partial charge in [-0.05, 0) is 46.2 Å². The maximum absolute atomic E-state index is 13.5. The third-order valence-corrected chi connectivity index (χ3v) is 6.04. The summed E-state index contributed by atoms with van der Waals surface area (Å²) in [5.41, 5.74) is 3.84. The van der Waals surface area contributed by atoms with Crippen LogP contribution in [0.2, 0.25) is 0 Å². The molecular weight excluding hydrogens is 398 g/mol. The smallest absolute Gasteiger partial charge is 0.325 e. The molecule has 3 aliphatic rings. The number of nitrogens with zero attached hydrogens (tertiary/aromatic N) is 4. The van der Waals surface area contributed by atoms with Gasteiger partial charge in [-0.1, -0.05) is 28.0 Å². The number of nitriles is 2. The van der Waals surface area contributed by atoms with Crippen LogP contribution in [-0.4, -0.2) is 29.1 Å². The fourth-order valence-corrected chi connectivity index (χ4v) is 4.96. The minimum Gasteiger partial charge on any atom is -0.325 e. The van der Waals surface area contributed by atoms with Crippen LogP contribution in [0, 0.1) is 40.4 Å². The molecule has 10 heteroatoms. The number of nitrogens with two attached hydrogens (primary N) is 1. The van der Waals surface area contributed by atoms with E-state index < -0.39 is 28.1 Å². The van der Waals surface area contributed by atoms with Gasteiger partial charge in [-0.2, -0.15) is 15.5 Å². The van der Waals surface area contributed by atoms with Crippen LogP contribution in [0.3, 0.4) is 0 Å². The molecule has 1 aromatic rings. The lowest BCUT2D eigenvalue weighted by Crippen LogP contribution is -2.91. The summed E-state index contributed by atoms with van der Waals surface area (Å²) in [6.07, 6.45) is 0. The largest absolute Gasteiger partial charge is 0.469 e. The van der Waals surface area contributed by atoms with Crippen LogP contribution in [0.5, 0.6) is 0 Å². The van der Waals surface area contributed by atoms with E-state index in [1.807, 2.05) is 13.0 Å². The summed E-state index contributed by atoms with van der Waals surface area (Å²) < 4.78 is 0. The summed E-state index contributed by atoms with van der Waals surface area (Å²) in [7, 11) is 0. The number of carbonyl (C=O) groups excluding carboxylic acids is 1. The Morgan fingerprint density at radius 1 is 1.13 bits per heavy atom. The van der Waals surface area contributed by atoms with Crippen LogP contribution in [0.15, 0.2) is 28.5 Å². The average molecular weight is 420 g/mol. The summed E-state index contributed by atoms with van der Waals surface area (Å²) in [5, 5.41) is 31.6. The van der Waals surface area contributed by atoms with Gasteiger partial charge in [0.05, 0.1) is 23.6 Å². The second kappa shape index (κ2) is 6.05. The molecule has 1 spiro atoms. The molecule has 3 atom stereocenters. The Balaban J connectivity index is 2.08. The molecule has 158 valence electrons. The highest BCUT2D eigenvalue weighted by atomic mass is 16.8. The fourth-order valence-electron chi connectivity index (χ4n) is 4.96. The first kappa shape index (κ1) is 20.4. The molecule has 1 saturated carbocycles. The van der Waals surface area contributed by atoms with Crippen molar-refractivity contribution in [1.29, 1.82) is 10.5 Å². The molecule has 1 amide bonds. The molecular formula is C21H22N7O3+. The van der Waals surface area contributed by atoms with Crippen molar-refractivity contribution in [2.75, 3.05) is 5.32 Å². The van der Waals surface area contributed by atoms with Gasteiger partial charge < -0.3 is 15.0 Å². The lowest BCUT2D eigenvalue weighted by Gasteiger charge is -2.27. The Morgan fingerprint density at radius 2 is 1.74 bits per heavy atom. The van der Waals surface area contributed by atoms with E-state index in [-0.39, 0.29) is 5.84 Å². The van der Waals surface area contributed by atoms with Crippen molar-refractivity contribution < 1.29 is 19.5 Å². The zero-order chi connectivity index (χ0) is 22.8. The highest BCUT2D eigenvalue weighted by molar-refractivity contribution is 6.19. The van der Waals surface area contributed by atoms with Crippen molar-refractivity contribution in [3.05, 3.63) is 29.3 Å². The van der Waals surface area contributed by atoms with Crippen molar-refractivity contribution in [3.8, 4) is 12.1 Å². The van der Waals surface area contributed by atoms with Gasteiger partial charge in [-0.15, -0.1) is 0 Å². The van der Waals surface area contributed by atoms with Gasteiger partial charge in [0.2, 0.25) is 16.7 Å². The lowest BCUT2D eigenvalue weighted by atomic mass is 9.83. The SMILES string of the molecule is CC(C)=NOC1(ON=C(C)C)[NH+]=C(N)[C@@]2(C#N)[C@]3(C(=O)Nc4ccc(C)cc43)[C@@]12C#N. The van der Waals surface area contributed by atoms with Crippen molar-refractivity contribution in [1.82, 2.24) is 0 Å². The van der Waals surface area contributed by atoms with E-state index in [1.54, 1.807) is 39.8 Å². The molecule has 0 unspecified atom stereocenters. The van der Waals surface area contributed by atoms with E-state index in [1.165, 1.54) is 0 Å². The number of nitrogens with one attached hydrogen (secondary N) is 2. The molecule has 1 fully saturated rings. The number of aryl methyl sites for hydroxylation is 1. The van der Waals surface area contributed by atoms with Crippen molar-refractivity contribution >= 4 is 28.9 Å². The first-order valence-electron chi connectivity index (χ1n) is 9.65. The second-order valence-corrected chi connectivity index (χ2v) is 8.39. The van der Waals surface area contributed by atoms with Gasteiger partial charge in [0.1, 0.15) is 5.41 Å². The van der Waals surface area contributed by atoms with Gasteiger partial charge in [0, 0.05) is 5.69 Å². The van der Waals surface area contributed by atoms with Gasteiger partial charge in [0.25, 0.3) is 5.84 Å². The topological polar surface area (TPSA) is 160 Å². The quantitative estimate of drug-likeness (QED) is 0.357. The summed E-state index contributed by atoms with van der Waals surface area (Å²) in [4.78, 5) is 27.7. The Hall–Kier alpha value is -3.92. The summed E-state index contributed by atoms with van der Waals surface area (Å²) in [6.45, 7) is 8.59. The fraction of sp³-hybridized carbons (Fsp3) is 0.429. The first-order chi connectivity index (χ1) is 14.6. The first-order valence-corrected chi connectivity index (χ1v) is 9.65. The van der Waals surface area contributed by atoms with Crippen LogP contribution in [0.4, 0.5) is 5.69 Å². The van der Waals surface area contributed by atoms with E-state index >= 15 is 0 Å². The summed E-state index contributed by atoms with van der Waals surface area (Å²) >= 11 is 0. The van der Waals surface area contributed by atoms with Gasteiger partial charge in [-0.3, -0.25) is 10.5 Å². The van der Waals surface area contributed by atoms with E-state index in [2.05, 4.69) is 32.8 Å². The van der Waals surface area contributed by atoms with E-state index in [0.717, 1.165) is 5.56 Å². The van der Waals surface area contributed by atoms with Crippen LogP contribution in [0.25, 0.3) is 0 Å². The molecule has 0 bridgehead atoms. The van der Waals surface area contributed by atoms with Crippen molar-refractivity contribution in [2.45, 2.75) is 45.9 Å². The molecule has 1 aromatic carbocycles. The Bertz CT molecular complexity index is 1180. The number of carbonyl (C=O) groups is 1. The molecule has 0 aromatic heterocycles. The number of rotatable bonds is 4. The standard InChI is InChI=1S/C21H21N7O3/c1-11(2)27-30-21(31-28-12(3)4)19(10-23)18(9-22,16(24)26-21)20(19)14-8-13(5)6-7-15(14)25-17(20)29/h6-8H,1-5H3,(H2,24,26)(H,25,29)/p+1/t18-,19+,20+/m1/s1. The Labute approximate surface area is 179 Å². The predicted molar refractivity (Wildman–Crippen MR) is 110 cm³/mol. The number of hydrogen-bond donors (Lipinski definition) is 3. The van der Waals surface area contributed by atoms with Crippen molar-refractivity contribution in [2.24, 2.45) is 26.9 Å². The summed E-state index contributed by atoms with van der Waals surface area (Å²) in [5.74, 6) is -2.76. The number of hydrogen-bond acceptors (Lipinski definition) is 8. The number of fused-ring (bicyclic) bond motifs is 5. The minimum absolute atomic E-state index is 0.117. The molecule has 4 N–H and O–H groups in total. The molecule has 31 heavy (non-hydrogen) atoms. The highest BCUT2D eigenvalue weighted by Crippen LogP contribution is 2.84. The summed E-state index contributed by atoms with van der Waals surface area (Å²) in [6, 6.07) is 9.64. The molecule has 2 aliphatic heterocycles. The van der Waals surface area contributed by atoms with Gasteiger partial charge in [-0.25, -0.2) is 0 Å². The highest BCUT2D eigenvalue weighted by Gasteiger charge is 3.10. The monoisotopic (exact) mass is 420 g/mol. The molecule has 0 radical (unpaired) electrons. The van der Waals surface area contributed by atoms with Gasteiger partial charge in [0.15, 0.2) is 0 Å². The maximum Gasteiger partial charge on any atom is 0.469 e. The second-order valence-electron chi connectivity index (χ2n) is 8.39. The molecule has 2 heterocycles. The number of oxime groups is 2. The Kier molecular flexibility index (Phi) is 3.97. The van der Waals surface area contributed by atoms with Gasteiger partial charge >= 0.3 is 5.91 Å². The average Bonchev–Trinajstić information content (AvgIpc) is 3.08. The number of amidine groups is 1. The number of benzene rings is 1. The third kappa shape index (κ3) is 1.95. The minimum atomic E-state index is -2.11. The zero-order valence-electron chi connectivity index (χ0n) is 17.8. The van der Waals surface area contributed by atoms with Crippen LogP contribution >= 0.6 is 0 Å². The van der Waals surface area contributed by atoms with E-state index in [9.17, 15) is 15.3 Å². The van der Waals surface area contributed by atoms with Crippen LogP contribution in [-0.2, 0) is 19.9 Å². The lowest BCUT2D eigenvalue weighted by molar-refractivity contribution is -0.696. The molecule has 0 saturated heterocycles. The van der Waals surface area contributed by atoms with Crippen molar-refractivity contribution in [3.63, 3.8) is 0 Å². The van der Waals surface area contributed by atoms with E-state index in [4.69, 9.17) is 15.4 Å². The van der Waals surface area contributed by atoms with Crippen LogP contribution in [0.1, 0.15) is 38.8 Å². The molecule has 10 nitrogen and oxygen atoms in total. The Morgan fingerprint density at radius 3 is 2.26 bits per heavy atom. The maximum atomic E-state index is 13.5. The molecule has 4 rings (SSSR count). The molecule has 1 aliphatic carbocycles. The predicted octanol–water partition coefficient (Wildman–Crippen LogP) is 0.148. The van der Waals surface area contributed by atoms with E-state index in [0.29, 0.717) is 22.7 Å².